The third-order valence-corrected chi connectivity index (χ3v) is 6.80. The van der Waals surface area contributed by atoms with Crippen LogP contribution in [0.3, 0.4) is 0 Å². The van der Waals surface area contributed by atoms with Crippen molar-refractivity contribution < 1.29 is 29.4 Å². The molecule has 0 saturated carbocycles. The Morgan fingerprint density at radius 3 is 2.51 bits per heavy atom. The van der Waals surface area contributed by atoms with Crippen LogP contribution >= 0.6 is 0 Å². The summed E-state index contributed by atoms with van der Waals surface area (Å²) in [6, 6.07) is 11.7. The lowest BCUT2D eigenvalue weighted by Crippen LogP contribution is -2.56. The second-order valence-corrected chi connectivity index (χ2v) is 9.62. The standard InChI is InChI=1S/C27H36N4O6/c1-3-17(2)13-23(30-26(35)21-11-12-24(33)28-21)31(15-25(34)29-22(16-32)27(36)37)14-19-9-6-8-18-7-4-5-10-20(18)19/h4-10,17,21-23,32H,3,11-16H2,1-2H3,(H,28,33)(H,29,34)(H,30,35)(H,36,37)/t17-,21-,22+,23?/m0/s1. The van der Waals surface area contributed by atoms with Crippen LogP contribution in [-0.4, -0.2) is 70.2 Å². The predicted molar refractivity (Wildman–Crippen MR) is 138 cm³/mol. The van der Waals surface area contributed by atoms with Crippen molar-refractivity contribution in [3.63, 3.8) is 0 Å². The molecule has 2 aromatic rings. The summed E-state index contributed by atoms with van der Waals surface area (Å²) in [5, 5.41) is 28.7. The number of benzene rings is 2. The van der Waals surface area contributed by atoms with Gasteiger partial charge in [0, 0.05) is 13.0 Å². The SMILES string of the molecule is CC[C@H](C)CC(NC(=O)[C@@H]1CCC(=O)N1)N(CC(=O)N[C@H](CO)C(=O)O)Cc1cccc2ccccc12. The van der Waals surface area contributed by atoms with E-state index in [9.17, 15) is 29.4 Å². The van der Waals surface area contributed by atoms with Gasteiger partial charge in [0.1, 0.15) is 12.1 Å². The molecule has 200 valence electrons. The first-order valence-corrected chi connectivity index (χ1v) is 12.6. The second kappa shape index (κ2) is 13.2. The number of aliphatic carboxylic acids is 1. The number of amides is 3. The van der Waals surface area contributed by atoms with Gasteiger partial charge in [-0.25, -0.2) is 4.79 Å². The fraction of sp³-hybridized carbons (Fsp3) is 0.481. The first kappa shape index (κ1) is 28.1. The maximum atomic E-state index is 13.1. The van der Waals surface area contributed by atoms with Crippen molar-refractivity contribution in [2.45, 2.75) is 64.3 Å². The molecule has 3 rings (SSSR count). The van der Waals surface area contributed by atoms with Crippen LogP contribution in [0.4, 0.5) is 0 Å². The number of rotatable bonds is 13. The maximum Gasteiger partial charge on any atom is 0.328 e. The van der Waals surface area contributed by atoms with Crippen LogP contribution < -0.4 is 16.0 Å². The van der Waals surface area contributed by atoms with Crippen molar-refractivity contribution in [2.24, 2.45) is 5.92 Å². The second-order valence-electron chi connectivity index (χ2n) is 9.62. The molecule has 1 saturated heterocycles. The summed E-state index contributed by atoms with van der Waals surface area (Å²) in [5.74, 6) is -2.20. The zero-order valence-electron chi connectivity index (χ0n) is 21.3. The molecule has 3 amide bonds. The Balaban J connectivity index is 1.91. The number of hydrogen-bond acceptors (Lipinski definition) is 6. The minimum absolute atomic E-state index is 0.172. The van der Waals surface area contributed by atoms with Gasteiger partial charge in [0.15, 0.2) is 0 Å². The molecular weight excluding hydrogens is 476 g/mol. The number of fused-ring (bicyclic) bond motifs is 1. The van der Waals surface area contributed by atoms with E-state index in [2.05, 4.69) is 22.9 Å². The van der Waals surface area contributed by atoms with Gasteiger partial charge in [-0.1, -0.05) is 62.7 Å². The average Bonchev–Trinajstić information content (AvgIpc) is 3.32. The van der Waals surface area contributed by atoms with E-state index in [4.69, 9.17) is 0 Å². The van der Waals surface area contributed by atoms with E-state index >= 15 is 0 Å². The third-order valence-electron chi connectivity index (χ3n) is 6.80. The van der Waals surface area contributed by atoms with Crippen LogP contribution in [0.15, 0.2) is 42.5 Å². The Morgan fingerprint density at radius 1 is 1.14 bits per heavy atom. The molecule has 10 nitrogen and oxygen atoms in total. The van der Waals surface area contributed by atoms with Crippen molar-refractivity contribution in [1.29, 1.82) is 0 Å². The molecule has 0 radical (unpaired) electrons. The van der Waals surface area contributed by atoms with Gasteiger partial charge in [0.25, 0.3) is 0 Å². The minimum atomic E-state index is -1.43. The monoisotopic (exact) mass is 512 g/mol. The fourth-order valence-corrected chi connectivity index (χ4v) is 4.46. The summed E-state index contributed by atoms with van der Waals surface area (Å²) in [5.41, 5.74) is 0.945. The topological polar surface area (TPSA) is 148 Å². The molecule has 1 aliphatic heterocycles. The van der Waals surface area contributed by atoms with Crippen molar-refractivity contribution in [3.8, 4) is 0 Å². The molecule has 4 atom stereocenters. The average molecular weight is 513 g/mol. The van der Waals surface area contributed by atoms with Crippen molar-refractivity contribution in [2.75, 3.05) is 13.2 Å². The number of nitrogens with zero attached hydrogens (tertiary/aromatic N) is 1. The van der Waals surface area contributed by atoms with Gasteiger partial charge in [-0.15, -0.1) is 0 Å². The zero-order valence-corrected chi connectivity index (χ0v) is 21.3. The summed E-state index contributed by atoms with van der Waals surface area (Å²) in [4.78, 5) is 50.8. The highest BCUT2D eigenvalue weighted by Gasteiger charge is 2.32. The van der Waals surface area contributed by atoms with Crippen LogP contribution in [0.1, 0.15) is 45.1 Å². The predicted octanol–water partition coefficient (Wildman–Crippen LogP) is 1.36. The van der Waals surface area contributed by atoms with Crippen LogP contribution in [0.25, 0.3) is 10.8 Å². The zero-order chi connectivity index (χ0) is 26.9. The first-order valence-electron chi connectivity index (χ1n) is 12.6. The number of hydrogen-bond donors (Lipinski definition) is 5. The lowest BCUT2D eigenvalue weighted by molar-refractivity contribution is -0.143. The van der Waals surface area contributed by atoms with Crippen molar-refractivity contribution >= 4 is 34.5 Å². The fourth-order valence-electron chi connectivity index (χ4n) is 4.46. The van der Waals surface area contributed by atoms with Gasteiger partial charge in [-0.2, -0.15) is 0 Å². The molecule has 0 bridgehead atoms. The van der Waals surface area contributed by atoms with Crippen LogP contribution in [0.5, 0.6) is 0 Å². The van der Waals surface area contributed by atoms with Crippen molar-refractivity contribution in [3.05, 3.63) is 48.0 Å². The molecule has 5 N–H and O–H groups in total. The number of nitrogens with one attached hydrogen (secondary N) is 3. The van der Waals surface area contributed by atoms with Crippen LogP contribution in [0.2, 0.25) is 0 Å². The van der Waals surface area contributed by atoms with Crippen LogP contribution in [-0.2, 0) is 25.7 Å². The van der Waals surface area contributed by atoms with E-state index in [1.807, 2.05) is 54.3 Å². The van der Waals surface area contributed by atoms with Crippen LogP contribution in [0, 0.1) is 5.92 Å². The summed E-state index contributed by atoms with van der Waals surface area (Å²) in [6.45, 7) is 3.47. The van der Waals surface area contributed by atoms with E-state index in [1.54, 1.807) is 0 Å². The van der Waals surface area contributed by atoms with E-state index in [1.165, 1.54) is 0 Å². The molecule has 1 fully saturated rings. The summed E-state index contributed by atoms with van der Waals surface area (Å²) >= 11 is 0. The molecular formula is C27H36N4O6. The Bertz CT molecular complexity index is 1120. The minimum Gasteiger partial charge on any atom is -0.480 e. The Morgan fingerprint density at radius 2 is 1.86 bits per heavy atom. The summed E-state index contributed by atoms with van der Waals surface area (Å²) in [7, 11) is 0. The Kier molecular flexibility index (Phi) is 9.99. The lowest BCUT2D eigenvalue weighted by Gasteiger charge is -2.34. The highest BCUT2D eigenvalue weighted by molar-refractivity contribution is 5.91. The number of carboxylic acids is 1. The van der Waals surface area contributed by atoms with Gasteiger partial charge in [0.2, 0.25) is 17.7 Å². The highest BCUT2D eigenvalue weighted by Crippen LogP contribution is 2.23. The van der Waals surface area contributed by atoms with Gasteiger partial charge in [-0.3, -0.25) is 19.3 Å². The van der Waals surface area contributed by atoms with E-state index < -0.39 is 36.7 Å². The molecule has 0 aliphatic carbocycles. The highest BCUT2D eigenvalue weighted by atomic mass is 16.4. The lowest BCUT2D eigenvalue weighted by atomic mass is 10.00. The normalized spacial score (nSPS) is 17.7. The first-order chi connectivity index (χ1) is 17.7. The van der Waals surface area contributed by atoms with E-state index in [0.29, 0.717) is 19.4 Å². The molecule has 37 heavy (non-hydrogen) atoms. The molecule has 1 heterocycles. The quantitative estimate of drug-likeness (QED) is 0.255. The van der Waals surface area contributed by atoms with E-state index in [0.717, 1.165) is 22.8 Å². The van der Waals surface area contributed by atoms with Gasteiger partial charge in [-0.05, 0) is 35.1 Å². The largest absolute Gasteiger partial charge is 0.480 e. The number of aliphatic hydroxyl groups excluding tert-OH is 1. The number of carbonyl (C=O) groups excluding carboxylic acids is 3. The molecule has 0 aromatic heterocycles. The number of carbonyl (C=O) groups is 4. The van der Waals surface area contributed by atoms with E-state index in [-0.39, 0.29) is 30.7 Å². The summed E-state index contributed by atoms with van der Waals surface area (Å²) < 4.78 is 0. The van der Waals surface area contributed by atoms with Gasteiger partial charge >= 0.3 is 5.97 Å². The Hall–Kier alpha value is -3.50. The molecule has 0 spiro atoms. The maximum absolute atomic E-state index is 13.1. The molecule has 1 aliphatic rings. The summed E-state index contributed by atoms with van der Waals surface area (Å²) in [6.07, 6.45) is 1.53. The number of carboxylic acid groups (broad SMARTS) is 1. The Labute approximate surface area is 216 Å². The van der Waals surface area contributed by atoms with Gasteiger partial charge < -0.3 is 26.2 Å². The number of aliphatic hydroxyl groups is 1. The van der Waals surface area contributed by atoms with Crippen molar-refractivity contribution in [1.82, 2.24) is 20.9 Å². The smallest absolute Gasteiger partial charge is 0.328 e. The molecule has 2 aromatic carbocycles. The molecule has 10 heteroatoms. The molecule has 1 unspecified atom stereocenters. The van der Waals surface area contributed by atoms with Gasteiger partial charge in [0.05, 0.1) is 19.3 Å². The third kappa shape index (κ3) is 7.74.